The molecular formula is C21H16N4O7. The van der Waals surface area contributed by atoms with Gasteiger partial charge in [-0.2, -0.15) is 4.98 Å². The number of ether oxygens (including phenoxy) is 1. The van der Waals surface area contributed by atoms with Crippen molar-refractivity contribution in [2.24, 2.45) is 0 Å². The summed E-state index contributed by atoms with van der Waals surface area (Å²) in [6.45, 7) is -0.0370. The summed E-state index contributed by atoms with van der Waals surface area (Å²) >= 11 is 0. The number of nitrogens with zero attached hydrogens (tertiary/aromatic N) is 4. The monoisotopic (exact) mass is 436 g/mol. The Bertz CT molecular complexity index is 1190. The summed E-state index contributed by atoms with van der Waals surface area (Å²) in [5.74, 6) is 0.885. The molecule has 0 aliphatic rings. The van der Waals surface area contributed by atoms with Gasteiger partial charge >= 0.3 is 5.69 Å². The van der Waals surface area contributed by atoms with Crippen LogP contribution in [0.3, 0.4) is 0 Å². The molecule has 0 spiro atoms. The SMILES string of the molecule is O=[N+]([O-])c1ccc(O)cc1.O=[N+]([O-])c1ccccc1OCc1nc(-c2ccccc2)no1. The standard InChI is InChI=1S/C15H11N3O4.C6H5NO3/c19-18(20)12-8-4-5-9-13(12)21-10-14-16-15(17-22-14)11-6-2-1-3-7-11;8-6-3-1-5(2-4-6)7(9)10/h1-9H,10H2;1-4,8H. The lowest BCUT2D eigenvalue weighted by atomic mass is 10.2. The summed E-state index contributed by atoms with van der Waals surface area (Å²) in [5, 5.41) is 33.5. The van der Waals surface area contributed by atoms with Gasteiger partial charge in [-0.3, -0.25) is 20.2 Å². The molecule has 0 fully saturated rings. The Balaban J connectivity index is 0.000000243. The fourth-order valence-corrected chi connectivity index (χ4v) is 2.46. The van der Waals surface area contributed by atoms with Crippen LogP contribution in [0.5, 0.6) is 11.5 Å². The van der Waals surface area contributed by atoms with Gasteiger partial charge in [0.15, 0.2) is 12.4 Å². The molecule has 1 aromatic heterocycles. The predicted molar refractivity (Wildman–Crippen MR) is 112 cm³/mol. The lowest BCUT2D eigenvalue weighted by Crippen LogP contribution is -1.99. The molecule has 4 aromatic rings. The van der Waals surface area contributed by atoms with E-state index < -0.39 is 9.85 Å². The quantitative estimate of drug-likeness (QED) is 0.339. The van der Waals surface area contributed by atoms with E-state index in [2.05, 4.69) is 10.1 Å². The highest BCUT2D eigenvalue weighted by Gasteiger charge is 2.15. The number of hydrogen-bond acceptors (Lipinski definition) is 9. The molecular weight excluding hydrogens is 420 g/mol. The van der Waals surface area contributed by atoms with Crippen molar-refractivity contribution in [3.63, 3.8) is 0 Å². The van der Waals surface area contributed by atoms with Crippen molar-refractivity contribution in [3.8, 4) is 22.9 Å². The highest BCUT2D eigenvalue weighted by Crippen LogP contribution is 2.26. The number of phenols is 1. The lowest BCUT2D eigenvalue weighted by molar-refractivity contribution is -0.386. The molecule has 3 aromatic carbocycles. The zero-order chi connectivity index (χ0) is 22.9. The van der Waals surface area contributed by atoms with E-state index in [1.807, 2.05) is 30.3 Å². The fraction of sp³-hybridized carbons (Fsp3) is 0.0476. The number of aromatic hydroxyl groups is 1. The normalized spacial score (nSPS) is 10.0. The summed E-state index contributed by atoms with van der Waals surface area (Å²) in [4.78, 5) is 24.1. The van der Waals surface area contributed by atoms with Gasteiger partial charge in [0, 0.05) is 23.8 Å². The second kappa shape index (κ2) is 10.3. The number of nitro benzene ring substituents is 2. The summed E-state index contributed by atoms with van der Waals surface area (Å²) in [6.07, 6.45) is 0. The van der Waals surface area contributed by atoms with Gasteiger partial charge in [-0.1, -0.05) is 47.6 Å². The number of para-hydroxylation sites is 2. The largest absolute Gasteiger partial charge is 0.508 e. The molecule has 162 valence electrons. The Kier molecular flexibility index (Phi) is 7.05. The van der Waals surface area contributed by atoms with Crippen LogP contribution in [0.25, 0.3) is 11.4 Å². The second-order valence-corrected chi connectivity index (χ2v) is 6.16. The average molecular weight is 436 g/mol. The molecule has 0 saturated heterocycles. The van der Waals surface area contributed by atoms with Crippen molar-refractivity contribution in [3.05, 3.63) is 105 Å². The Morgan fingerprint density at radius 2 is 1.53 bits per heavy atom. The van der Waals surface area contributed by atoms with Gasteiger partial charge in [0.05, 0.1) is 9.85 Å². The van der Waals surface area contributed by atoms with Crippen LogP contribution in [0, 0.1) is 20.2 Å². The van der Waals surface area contributed by atoms with Gasteiger partial charge in [-0.15, -0.1) is 0 Å². The first-order valence-corrected chi connectivity index (χ1v) is 9.11. The molecule has 1 N–H and O–H groups in total. The molecule has 1 heterocycles. The maximum atomic E-state index is 10.9. The Hall–Kier alpha value is -4.80. The Morgan fingerprint density at radius 3 is 2.19 bits per heavy atom. The topological polar surface area (TPSA) is 155 Å². The number of benzene rings is 3. The lowest BCUT2D eigenvalue weighted by Gasteiger charge is -2.03. The van der Waals surface area contributed by atoms with E-state index in [0.29, 0.717) is 5.82 Å². The molecule has 32 heavy (non-hydrogen) atoms. The van der Waals surface area contributed by atoms with E-state index in [4.69, 9.17) is 14.4 Å². The minimum Gasteiger partial charge on any atom is -0.508 e. The average Bonchev–Trinajstić information content (AvgIpc) is 3.28. The summed E-state index contributed by atoms with van der Waals surface area (Å²) in [7, 11) is 0. The number of phenolic OH excluding ortho intramolecular Hbond substituents is 1. The van der Waals surface area contributed by atoms with Gasteiger partial charge in [-0.25, -0.2) is 0 Å². The van der Waals surface area contributed by atoms with Gasteiger partial charge in [-0.05, 0) is 18.2 Å². The first-order chi connectivity index (χ1) is 15.4. The molecule has 0 atom stereocenters. The molecule has 0 aliphatic carbocycles. The van der Waals surface area contributed by atoms with Crippen LogP contribution < -0.4 is 4.74 Å². The zero-order valence-electron chi connectivity index (χ0n) is 16.4. The molecule has 4 rings (SSSR count). The summed E-state index contributed by atoms with van der Waals surface area (Å²) in [5.41, 5.74) is 0.700. The maximum Gasteiger partial charge on any atom is 0.310 e. The predicted octanol–water partition coefficient (Wildman–Crippen LogP) is 4.52. The third-order valence-electron chi connectivity index (χ3n) is 3.97. The Labute approximate surface area is 180 Å². The van der Waals surface area contributed by atoms with Crippen molar-refractivity contribution >= 4 is 11.4 Å². The maximum absolute atomic E-state index is 10.9. The minimum atomic E-state index is -0.514. The van der Waals surface area contributed by atoms with Crippen molar-refractivity contribution in [1.29, 1.82) is 0 Å². The van der Waals surface area contributed by atoms with E-state index in [1.54, 1.807) is 12.1 Å². The number of rotatable bonds is 6. The molecule has 0 aliphatic heterocycles. The first kappa shape index (κ1) is 21.9. The van der Waals surface area contributed by atoms with Crippen molar-refractivity contribution in [2.75, 3.05) is 0 Å². The van der Waals surface area contributed by atoms with Crippen LogP contribution in [0.4, 0.5) is 11.4 Å². The first-order valence-electron chi connectivity index (χ1n) is 9.11. The van der Waals surface area contributed by atoms with Crippen LogP contribution in [-0.4, -0.2) is 25.1 Å². The van der Waals surface area contributed by atoms with E-state index in [9.17, 15) is 20.2 Å². The van der Waals surface area contributed by atoms with E-state index >= 15 is 0 Å². The Morgan fingerprint density at radius 1 is 0.875 bits per heavy atom. The molecule has 0 bridgehead atoms. The zero-order valence-corrected chi connectivity index (χ0v) is 16.4. The molecule has 11 heteroatoms. The van der Waals surface area contributed by atoms with Crippen molar-refractivity contribution in [2.45, 2.75) is 6.61 Å². The number of hydrogen-bond donors (Lipinski definition) is 1. The summed E-state index contributed by atoms with van der Waals surface area (Å²) in [6, 6.07) is 20.5. The van der Waals surface area contributed by atoms with Crippen LogP contribution in [0.1, 0.15) is 5.89 Å². The minimum absolute atomic E-state index is 0.0159. The summed E-state index contributed by atoms with van der Waals surface area (Å²) < 4.78 is 10.5. The third kappa shape index (κ3) is 5.86. The van der Waals surface area contributed by atoms with Crippen LogP contribution in [0.2, 0.25) is 0 Å². The molecule has 0 radical (unpaired) electrons. The number of non-ortho nitro benzene ring substituents is 1. The second-order valence-electron chi connectivity index (χ2n) is 6.16. The van der Waals surface area contributed by atoms with Crippen LogP contribution in [0.15, 0.2) is 83.4 Å². The van der Waals surface area contributed by atoms with Crippen molar-refractivity contribution in [1.82, 2.24) is 10.1 Å². The van der Waals surface area contributed by atoms with Gasteiger partial charge in [0.25, 0.3) is 11.6 Å². The van der Waals surface area contributed by atoms with Gasteiger partial charge in [0.1, 0.15) is 5.75 Å². The van der Waals surface area contributed by atoms with Crippen LogP contribution >= 0.6 is 0 Å². The van der Waals surface area contributed by atoms with Gasteiger partial charge in [0.2, 0.25) is 5.82 Å². The van der Waals surface area contributed by atoms with Gasteiger partial charge < -0.3 is 14.4 Å². The number of aromatic nitrogens is 2. The van der Waals surface area contributed by atoms with Crippen molar-refractivity contribution < 1.29 is 24.2 Å². The van der Waals surface area contributed by atoms with Crippen LogP contribution in [-0.2, 0) is 6.61 Å². The smallest absolute Gasteiger partial charge is 0.310 e. The molecule has 0 unspecified atom stereocenters. The van der Waals surface area contributed by atoms with E-state index in [-0.39, 0.29) is 35.4 Å². The van der Waals surface area contributed by atoms with E-state index in [1.165, 1.54) is 36.4 Å². The highest BCUT2D eigenvalue weighted by molar-refractivity contribution is 5.53. The highest BCUT2D eigenvalue weighted by atomic mass is 16.6. The molecule has 0 amide bonds. The fourth-order valence-electron chi connectivity index (χ4n) is 2.46. The third-order valence-corrected chi connectivity index (χ3v) is 3.97. The molecule has 11 nitrogen and oxygen atoms in total. The van der Waals surface area contributed by atoms with E-state index in [0.717, 1.165) is 5.56 Å². The molecule has 0 saturated carbocycles. The number of nitro groups is 2.